The zero-order valence-corrected chi connectivity index (χ0v) is 11.8. The summed E-state index contributed by atoms with van der Waals surface area (Å²) in [7, 11) is 0. The average Bonchev–Trinajstić information content (AvgIpc) is 2.47. The number of esters is 1. The molecule has 0 aliphatic carbocycles. The van der Waals surface area contributed by atoms with E-state index in [1.165, 1.54) is 0 Å². The van der Waals surface area contributed by atoms with Gasteiger partial charge in [-0.15, -0.1) is 0 Å². The van der Waals surface area contributed by atoms with Crippen molar-refractivity contribution in [2.24, 2.45) is 0 Å². The molecule has 0 aromatic rings. The van der Waals surface area contributed by atoms with Crippen LogP contribution in [0.4, 0.5) is 0 Å². The fourth-order valence-electron chi connectivity index (χ4n) is 2.03. The molecule has 0 bridgehead atoms. The summed E-state index contributed by atoms with van der Waals surface area (Å²) in [5, 5.41) is 37.7. The Kier molecular flexibility index (Phi) is 7.20. The number of carbonyl (C=O) groups excluding carboxylic acids is 2. The molecule has 0 amide bonds. The van der Waals surface area contributed by atoms with Crippen LogP contribution in [-0.2, 0) is 19.1 Å². The summed E-state index contributed by atoms with van der Waals surface area (Å²) in [6.07, 6.45) is -6.28. The zero-order valence-electron chi connectivity index (χ0n) is 11.8. The first-order valence-electron chi connectivity index (χ1n) is 6.92. The quantitative estimate of drug-likeness (QED) is 0.417. The van der Waals surface area contributed by atoms with E-state index >= 15 is 0 Å². The summed E-state index contributed by atoms with van der Waals surface area (Å²) in [6, 6.07) is 0. The molecule has 0 aromatic carbocycles. The minimum atomic E-state index is -1.66. The highest BCUT2D eigenvalue weighted by Gasteiger charge is 2.45. The lowest BCUT2D eigenvalue weighted by molar-refractivity contribution is -0.289. The Morgan fingerprint density at radius 1 is 1.14 bits per heavy atom. The van der Waals surface area contributed by atoms with Crippen molar-refractivity contribution < 1.29 is 39.5 Å². The van der Waals surface area contributed by atoms with Crippen LogP contribution in [0.5, 0.6) is 0 Å². The monoisotopic (exact) mass is 306 g/mol. The normalized spacial score (nSPS) is 32.7. The highest BCUT2D eigenvalue weighted by atomic mass is 16.7. The number of Topliss-reactive ketones (excluding diaryl/α,β-unsaturated/α-hetero) is 1. The molecule has 1 heterocycles. The van der Waals surface area contributed by atoms with E-state index in [9.17, 15) is 24.9 Å². The average molecular weight is 306 g/mol. The van der Waals surface area contributed by atoms with Crippen molar-refractivity contribution in [3.05, 3.63) is 0 Å². The number of ketones is 1. The second kappa shape index (κ2) is 8.40. The molecule has 0 radical (unpaired) electrons. The predicted molar refractivity (Wildman–Crippen MR) is 69.0 cm³/mol. The lowest BCUT2D eigenvalue weighted by Crippen LogP contribution is -2.59. The molecule has 5 unspecified atom stereocenters. The Morgan fingerprint density at radius 3 is 2.38 bits per heavy atom. The molecule has 0 aromatic heterocycles. The zero-order chi connectivity index (χ0) is 16.0. The lowest BCUT2D eigenvalue weighted by Gasteiger charge is -2.39. The molecule has 5 atom stereocenters. The first-order valence-corrected chi connectivity index (χ1v) is 6.92. The Balaban J connectivity index is 2.50. The number of hydrogen-bond donors (Lipinski definition) is 4. The van der Waals surface area contributed by atoms with E-state index in [-0.39, 0.29) is 18.6 Å². The summed E-state index contributed by atoms with van der Waals surface area (Å²) in [6.45, 7) is 1.14. The van der Waals surface area contributed by atoms with Crippen molar-refractivity contribution >= 4 is 11.8 Å². The molecule has 1 rings (SSSR count). The molecular formula is C13H22O8. The molecule has 8 nitrogen and oxygen atoms in total. The van der Waals surface area contributed by atoms with Gasteiger partial charge in [0.05, 0.1) is 6.61 Å². The van der Waals surface area contributed by atoms with Crippen molar-refractivity contribution in [1.29, 1.82) is 0 Å². The van der Waals surface area contributed by atoms with E-state index < -0.39 is 43.3 Å². The van der Waals surface area contributed by atoms with Crippen LogP contribution in [0.2, 0.25) is 0 Å². The molecule has 0 saturated carbocycles. The highest BCUT2D eigenvalue weighted by Crippen LogP contribution is 2.23. The smallest absolute Gasteiger partial charge is 0.306 e. The minimum absolute atomic E-state index is 0.0221. The van der Waals surface area contributed by atoms with Crippen molar-refractivity contribution in [3.8, 4) is 0 Å². The van der Waals surface area contributed by atoms with Crippen LogP contribution < -0.4 is 0 Å². The Bertz CT molecular complexity index is 356. The third kappa shape index (κ3) is 5.01. The van der Waals surface area contributed by atoms with Gasteiger partial charge in [-0.25, -0.2) is 0 Å². The van der Waals surface area contributed by atoms with Gasteiger partial charge in [0.1, 0.15) is 24.1 Å². The van der Waals surface area contributed by atoms with Crippen molar-refractivity contribution in [2.45, 2.75) is 63.3 Å². The van der Waals surface area contributed by atoms with Crippen LogP contribution >= 0.6 is 0 Å². The molecular weight excluding hydrogens is 284 g/mol. The molecule has 4 N–H and O–H groups in total. The van der Waals surface area contributed by atoms with Crippen LogP contribution in [0.3, 0.4) is 0 Å². The van der Waals surface area contributed by atoms with Gasteiger partial charge in [0.25, 0.3) is 0 Å². The number of carbonyl (C=O) groups is 2. The summed E-state index contributed by atoms with van der Waals surface area (Å²) >= 11 is 0. The number of aliphatic hydroxyl groups is 4. The second-order valence-corrected chi connectivity index (χ2v) is 4.93. The van der Waals surface area contributed by atoms with E-state index in [0.717, 1.165) is 0 Å². The van der Waals surface area contributed by atoms with E-state index in [1.54, 1.807) is 6.92 Å². The van der Waals surface area contributed by atoms with Crippen LogP contribution in [0.25, 0.3) is 0 Å². The number of ether oxygens (including phenoxy) is 2. The van der Waals surface area contributed by atoms with Crippen LogP contribution in [0.1, 0.15) is 32.6 Å². The van der Waals surface area contributed by atoms with E-state index in [4.69, 9.17) is 14.6 Å². The van der Waals surface area contributed by atoms with Crippen LogP contribution in [0.15, 0.2) is 0 Å². The standard InChI is InChI=1S/C13H22O8/c1-2-7(15)4-3-5-9(16)21-12-8(6-14)20-13(19)11(18)10(12)17/h8,10-14,17-19H,2-6H2,1H3. The summed E-state index contributed by atoms with van der Waals surface area (Å²) < 4.78 is 9.84. The second-order valence-electron chi connectivity index (χ2n) is 4.93. The van der Waals surface area contributed by atoms with Crippen LogP contribution in [0, 0.1) is 0 Å². The summed E-state index contributed by atoms with van der Waals surface area (Å²) in [4.78, 5) is 22.8. The van der Waals surface area contributed by atoms with Gasteiger partial charge < -0.3 is 29.9 Å². The molecule has 1 saturated heterocycles. The van der Waals surface area contributed by atoms with Gasteiger partial charge >= 0.3 is 5.97 Å². The molecule has 1 fully saturated rings. The van der Waals surface area contributed by atoms with Crippen molar-refractivity contribution in [2.75, 3.05) is 6.61 Å². The van der Waals surface area contributed by atoms with E-state index in [0.29, 0.717) is 12.8 Å². The Labute approximate surface area is 122 Å². The number of rotatable bonds is 7. The predicted octanol–water partition coefficient (Wildman–Crippen LogP) is -1.52. The van der Waals surface area contributed by atoms with Gasteiger partial charge in [-0.3, -0.25) is 9.59 Å². The lowest BCUT2D eigenvalue weighted by atomic mass is 9.99. The summed E-state index contributed by atoms with van der Waals surface area (Å²) in [5.41, 5.74) is 0. The SMILES string of the molecule is CCC(=O)CCCC(=O)OC1C(CO)OC(O)C(O)C1O. The Hall–Kier alpha value is -1.06. The maximum atomic E-state index is 11.7. The van der Waals surface area contributed by atoms with Gasteiger partial charge in [0.2, 0.25) is 0 Å². The first-order chi connectivity index (χ1) is 9.90. The molecule has 1 aliphatic heterocycles. The fourth-order valence-corrected chi connectivity index (χ4v) is 2.03. The third-order valence-electron chi connectivity index (χ3n) is 3.34. The van der Waals surface area contributed by atoms with Crippen molar-refractivity contribution in [1.82, 2.24) is 0 Å². The van der Waals surface area contributed by atoms with E-state index in [1.807, 2.05) is 0 Å². The molecule has 21 heavy (non-hydrogen) atoms. The highest BCUT2D eigenvalue weighted by molar-refractivity contribution is 5.78. The molecule has 122 valence electrons. The first kappa shape index (κ1) is 18.0. The molecule has 8 heteroatoms. The summed E-state index contributed by atoms with van der Waals surface area (Å²) in [5.74, 6) is -0.635. The maximum Gasteiger partial charge on any atom is 0.306 e. The fraction of sp³-hybridized carbons (Fsp3) is 0.846. The number of hydrogen-bond acceptors (Lipinski definition) is 8. The minimum Gasteiger partial charge on any atom is -0.457 e. The maximum absolute atomic E-state index is 11.7. The Morgan fingerprint density at radius 2 is 1.81 bits per heavy atom. The number of aliphatic hydroxyl groups excluding tert-OH is 4. The largest absolute Gasteiger partial charge is 0.457 e. The topological polar surface area (TPSA) is 134 Å². The van der Waals surface area contributed by atoms with Gasteiger partial charge in [0, 0.05) is 19.3 Å². The van der Waals surface area contributed by atoms with Gasteiger partial charge in [0.15, 0.2) is 12.4 Å². The van der Waals surface area contributed by atoms with Gasteiger partial charge in [-0.1, -0.05) is 6.92 Å². The molecule has 1 aliphatic rings. The van der Waals surface area contributed by atoms with E-state index in [2.05, 4.69) is 0 Å². The molecule has 0 spiro atoms. The van der Waals surface area contributed by atoms with Gasteiger partial charge in [-0.05, 0) is 6.42 Å². The van der Waals surface area contributed by atoms with Crippen LogP contribution in [-0.4, -0.2) is 69.5 Å². The van der Waals surface area contributed by atoms with Crippen molar-refractivity contribution in [3.63, 3.8) is 0 Å². The van der Waals surface area contributed by atoms with Gasteiger partial charge in [-0.2, -0.15) is 0 Å². The third-order valence-corrected chi connectivity index (χ3v) is 3.34.